The van der Waals surface area contributed by atoms with Crippen molar-refractivity contribution in [2.75, 3.05) is 52.2 Å². The molecule has 28 heteroatoms. The standard InChI is InChI=1S/C45H54N8O10.C28H35N3O7/c1-6-31-42(59)52-22-11-14-32(52)43(60)51(5)34(24-27-16-18-29(19-17-27)50(3)4)44(61)53-23-20-30(54)25-33(53)39(56)49-37(28-12-8-7-9-13-28)45(62)63-26(2)36(40(57)47-31)48-41(58)38-35(55)15-10-21-46-38;1-17(2)26-19(4)9-10-24(34)29-11-5-7-18(3)13-20(32)14-21(33)15-25-30-22(16-37-25)27(35)31-12-6-8-23(31)28(36)38-26/h7-10,12-13,15-19,21,26,31-34,36-37,55H,6,11,14,20,22-25H2,1-5H3,(H,47,57)(H,48,58)(H,49,56);5,7-10,13,16-17,19-20,26,32H,6,11-12,14-15H2,1-4H3,(H,29,34)/b;7-5-,10-9-,18-13-/t26?,31-,32+,33+,34+,36+,37+;19-,20-,26-/m11/s1. The third kappa shape index (κ3) is 19.6. The van der Waals surface area contributed by atoms with Crippen molar-refractivity contribution in [2.24, 2.45) is 11.8 Å². The molecule has 6 N–H and O–H groups in total. The zero-order chi connectivity index (χ0) is 73.4. The Hall–Kier alpha value is -10.6. The number of Topliss-reactive ketones (excluding diaryl/α,β-unsaturated/α-hetero) is 2. The first kappa shape index (κ1) is 76.1. The Morgan fingerprint density at radius 2 is 1.54 bits per heavy atom. The molecule has 5 aliphatic heterocycles. The first-order valence-electron chi connectivity index (χ1n) is 33.8. The molecule has 10 atom stereocenters. The molecule has 5 aliphatic rings. The maximum absolute atomic E-state index is 15.0. The molecule has 0 aliphatic carbocycles. The van der Waals surface area contributed by atoms with Crippen LogP contribution in [-0.2, 0) is 70.3 Å². The summed E-state index contributed by atoms with van der Waals surface area (Å²) in [6, 6.07) is 10.1. The van der Waals surface area contributed by atoms with Crippen LogP contribution >= 0.6 is 0 Å². The minimum atomic E-state index is -1.68. The third-order valence-electron chi connectivity index (χ3n) is 18.0. The SMILES string of the molecule is CC1=C/[C@@H](O)CC(=O)Cc2nc(co2)C(=O)N2CCC=C2C(=O)O[C@H](C(C)C)[C@H](C)/C=C\C(=O)NC/C=C\1.CC[C@H]1NC(=O)[C@@H](NC(=O)c2ncccc2O)C(C)OC(=O)[C@H](c2ccccc2)NC(=O)[C@@H]2CC(=O)CCN2C(=O)[C@H](Cc2ccc(N(C)C)cc2)N(C)C(=O)[C@@H]2CCCN2C1=O. The van der Waals surface area contributed by atoms with E-state index in [4.69, 9.17) is 13.9 Å². The quantitative estimate of drug-likeness (QED) is 0.136. The number of piperidine rings is 1. The van der Waals surface area contributed by atoms with Crippen LogP contribution in [0.3, 0.4) is 0 Å². The van der Waals surface area contributed by atoms with E-state index in [1.165, 1.54) is 58.0 Å². The summed E-state index contributed by atoms with van der Waals surface area (Å²) >= 11 is 0. The molecule has 2 bridgehead atoms. The third-order valence-corrected chi connectivity index (χ3v) is 18.0. The van der Waals surface area contributed by atoms with Gasteiger partial charge in [-0.05, 0) is 86.9 Å². The normalized spacial score (nSPS) is 26.3. The summed E-state index contributed by atoms with van der Waals surface area (Å²) in [5, 5.41) is 31.2. The number of ether oxygens (including phenoxy) is 2. The lowest BCUT2D eigenvalue weighted by Crippen LogP contribution is -2.61. The molecule has 0 saturated carbocycles. The van der Waals surface area contributed by atoms with Crippen molar-refractivity contribution < 1.29 is 81.6 Å². The van der Waals surface area contributed by atoms with Gasteiger partial charge in [-0.2, -0.15) is 0 Å². The number of rotatable bonds is 8. The molecule has 101 heavy (non-hydrogen) atoms. The number of nitrogens with zero attached hydrogens (tertiary/aromatic N) is 7. The van der Waals surface area contributed by atoms with E-state index in [0.717, 1.165) is 17.5 Å². The van der Waals surface area contributed by atoms with E-state index in [9.17, 15) is 67.7 Å². The van der Waals surface area contributed by atoms with E-state index in [1.54, 1.807) is 74.6 Å². The van der Waals surface area contributed by atoms with Gasteiger partial charge in [0.15, 0.2) is 17.4 Å². The van der Waals surface area contributed by atoms with E-state index in [1.807, 2.05) is 64.0 Å². The largest absolute Gasteiger partial charge is 0.505 e. The lowest BCUT2D eigenvalue weighted by Gasteiger charge is -2.40. The minimum Gasteiger partial charge on any atom is -0.505 e. The molecule has 2 aromatic carbocycles. The molecule has 8 amide bonds. The van der Waals surface area contributed by atoms with Crippen molar-refractivity contribution in [3.63, 3.8) is 0 Å². The molecule has 538 valence electrons. The van der Waals surface area contributed by atoms with Crippen LogP contribution in [-0.4, -0.2) is 206 Å². The van der Waals surface area contributed by atoms with Gasteiger partial charge in [-0.3, -0.25) is 47.9 Å². The molecule has 3 fully saturated rings. The number of benzene rings is 2. The maximum Gasteiger partial charge on any atom is 0.355 e. The van der Waals surface area contributed by atoms with Crippen molar-refractivity contribution >= 4 is 76.4 Å². The van der Waals surface area contributed by atoms with Crippen LogP contribution in [0, 0.1) is 11.8 Å². The number of aliphatic hydroxyl groups excluding tert-OH is 1. The van der Waals surface area contributed by atoms with E-state index in [0.29, 0.717) is 18.4 Å². The Kier molecular flexibility index (Phi) is 26.3. The molecule has 4 aromatic rings. The summed E-state index contributed by atoms with van der Waals surface area (Å²) in [6.07, 6.45) is 9.66. The van der Waals surface area contributed by atoms with Gasteiger partial charge in [-0.1, -0.05) is 106 Å². The van der Waals surface area contributed by atoms with Crippen molar-refractivity contribution in [3.05, 3.63) is 155 Å². The van der Waals surface area contributed by atoms with E-state index < -0.39 is 119 Å². The summed E-state index contributed by atoms with van der Waals surface area (Å²) in [6.45, 7) is 11.0. The molecule has 7 heterocycles. The fourth-order valence-electron chi connectivity index (χ4n) is 12.5. The van der Waals surface area contributed by atoms with E-state index in [2.05, 4.69) is 31.2 Å². The molecule has 1 unspecified atom stereocenters. The van der Waals surface area contributed by atoms with Gasteiger partial charge in [0.05, 0.1) is 12.5 Å². The van der Waals surface area contributed by atoms with Crippen LogP contribution in [0.5, 0.6) is 5.75 Å². The van der Waals surface area contributed by atoms with Crippen LogP contribution in [0.4, 0.5) is 5.69 Å². The number of fused-ring (bicyclic) bond motifs is 5. The van der Waals surface area contributed by atoms with E-state index >= 15 is 0 Å². The van der Waals surface area contributed by atoms with Gasteiger partial charge >= 0.3 is 11.9 Å². The van der Waals surface area contributed by atoms with Gasteiger partial charge in [0.25, 0.3) is 11.8 Å². The Balaban J connectivity index is 0.000000291. The molecule has 3 saturated heterocycles. The highest BCUT2D eigenvalue weighted by Gasteiger charge is 2.46. The monoisotopic (exact) mass is 1390 g/mol. The maximum atomic E-state index is 15.0. The van der Waals surface area contributed by atoms with Crippen molar-refractivity contribution in [2.45, 2.75) is 154 Å². The smallest absolute Gasteiger partial charge is 0.355 e. The van der Waals surface area contributed by atoms with Gasteiger partial charge < -0.3 is 69.9 Å². The first-order chi connectivity index (χ1) is 48.1. The van der Waals surface area contributed by atoms with Gasteiger partial charge in [-0.25, -0.2) is 19.6 Å². The average Bonchev–Trinajstić information content (AvgIpc) is 1.79. The number of oxazole rings is 1. The Morgan fingerprint density at radius 1 is 0.822 bits per heavy atom. The van der Waals surface area contributed by atoms with Crippen molar-refractivity contribution in [1.82, 2.24) is 50.8 Å². The lowest BCUT2D eigenvalue weighted by molar-refractivity contribution is -0.157. The number of allylic oxidation sites excluding steroid dienone is 2. The van der Waals surface area contributed by atoms with Crippen LogP contribution < -0.4 is 26.2 Å². The number of likely N-dealkylation sites (N-methyl/N-ethyl adjacent to an activating group) is 1. The molecular formula is C73H89N11O17. The molecule has 0 spiro atoms. The Morgan fingerprint density at radius 3 is 2.24 bits per heavy atom. The number of hydrogen-bond acceptors (Lipinski definition) is 20. The molecule has 28 nitrogen and oxygen atoms in total. The highest BCUT2D eigenvalue weighted by atomic mass is 16.6. The van der Waals surface area contributed by atoms with Crippen molar-refractivity contribution in [1.29, 1.82) is 0 Å². The van der Waals surface area contributed by atoms with Gasteiger partial charge in [0.2, 0.25) is 41.3 Å². The van der Waals surface area contributed by atoms with E-state index in [-0.39, 0.29) is 123 Å². The first-order valence-corrected chi connectivity index (χ1v) is 33.8. The van der Waals surface area contributed by atoms with Crippen LogP contribution in [0.25, 0.3) is 0 Å². The lowest BCUT2D eigenvalue weighted by atomic mass is 9.94. The number of nitrogens with one attached hydrogen (secondary N) is 4. The number of pyridine rings is 1. The van der Waals surface area contributed by atoms with Gasteiger partial charge in [0, 0.05) is 90.8 Å². The topological polar surface area (TPSA) is 367 Å². The van der Waals surface area contributed by atoms with Gasteiger partial charge in [0.1, 0.15) is 71.7 Å². The highest BCUT2D eigenvalue weighted by molar-refractivity contribution is 6.02. The number of anilines is 1. The predicted molar refractivity (Wildman–Crippen MR) is 366 cm³/mol. The molecule has 9 rings (SSSR count). The predicted octanol–water partition coefficient (Wildman–Crippen LogP) is 3.93. The fraction of sp³-hybridized carbons (Fsp3) is 0.452. The van der Waals surface area contributed by atoms with Crippen LogP contribution in [0.15, 0.2) is 131 Å². The summed E-state index contributed by atoms with van der Waals surface area (Å²) in [4.78, 5) is 180. The molecular weight excluding hydrogens is 1300 g/mol. The number of ketones is 2. The van der Waals surface area contributed by atoms with Crippen LogP contribution in [0.2, 0.25) is 0 Å². The minimum absolute atomic E-state index is 0.0299. The molecule has 0 radical (unpaired) electrons. The number of aliphatic hydroxyl groups is 1. The number of amides is 8. The second kappa shape index (κ2) is 34.9. The Labute approximate surface area is 585 Å². The number of cyclic esters (lactones) is 2. The number of aromatic hydroxyl groups is 1. The van der Waals surface area contributed by atoms with Gasteiger partial charge in [-0.15, -0.1) is 0 Å². The Bertz CT molecular complexity index is 3860. The molecule has 2 aromatic heterocycles. The highest BCUT2D eigenvalue weighted by Crippen LogP contribution is 2.29. The second-order valence-electron chi connectivity index (χ2n) is 26.1. The number of carbonyl (C=O) groups is 12. The zero-order valence-corrected chi connectivity index (χ0v) is 58.2. The number of aromatic nitrogens is 2. The summed E-state index contributed by atoms with van der Waals surface area (Å²) in [5.74, 6) is -8.40. The van der Waals surface area contributed by atoms with Crippen LogP contribution in [0.1, 0.15) is 131 Å². The zero-order valence-electron chi connectivity index (χ0n) is 58.2. The summed E-state index contributed by atoms with van der Waals surface area (Å²) < 4.78 is 17.0. The van der Waals surface area contributed by atoms with Crippen molar-refractivity contribution in [3.8, 4) is 5.75 Å². The number of carbonyl (C=O) groups excluding carboxylic acids is 12. The number of hydrogen-bond donors (Lipinski definition) is 6. The number of esters is 2. The summed E-state index contributed by atoms with van der Waals surface area (Å²) in [7, 11) is 5.25. The summed E-state index contributed by atoms with van der Waals surface area (Å²) in [5.41, 5.74) is 2.26. The second-order valence-corrected chi connectivity index (χ2v) is 26.1. The average molecular weight is 1390 g/mol. The fourth-order valence-corrected chi connectivity index (χ4v) is 12.5.